The third kappa shape index (κ3) is 5.78. The van der Waals surface area contributed by atoms with Crippen LogP contribution in [0.15, 0.2) is 65.0 Å². The fraction of sp³-hybridized carbons (Fsp3) is 0.115. The number of thiophene rings is 1. The summed E-state index contributed by atoms with van der Waals surface area (Å²) in [5, 5.41) is 12.0. The maximum atomic E-state index is 14.1. The molecule has 0 aliphatic heterocycles. The quantitative estimate of drug-likeness (QED) is 0.164. The monoisotopic (exact) mass is 519 g/mol. The first kappa shape index (κ1) is 25.5. The highest BCUT2D eigenvalue weighted by Crippen LogP contribution is 2.34. The van der Waals surface area contributed by atoms with Gasteiger partial charge >= 0.3 is 0 Å². The molecule has 0 aliphatic carbocycles. The van der Waals surface area contributed by atoms with E-state index in [9.17, 15) is 14.0 Å². The molecular weight excluding hydrogens is 497 g/mol. The van der Waals surface area contributed by atoms with E-state index in [2.05, 4.69) is 15.3 Å². The van der Waals surface area contributed by atoms with Gasteiger partial charge in [0.1, 0.15) is 30.3 Å². The minimum absolute atomic E-state index is 0.0615. The lowest BCUT2D eigenvalue weighted by Crippen LogP contribution is -2.30. The smallest absolute Gasteiger partial charge is 0.251 e. The van der Waals surface area contributed by atoms with Crippen molar-refractivity contribution >= 4 is 45.3 Å². The van der Waals surface area contributed by atoms with E-state index >= 15 is 0 Å². The Kier molecular flexibility index (Phi) is 7.84. The Morgan fingerprint density at radius 3 is 2.78 bits per heavy atom. The number of carbonyl (C=O) groups excluding carboxylic acids is 2. The molecule has 0 fully saturated rings. The number of hydrogen-bond donors (Lipinski definition) is 3. The van der Waals surface area contributed by atoms with Crippen LogP contribution in [0.25, 0.3) is 21.3 Å². The Balaban J connectivity index is 1.43. The second kappa shape index (κ2) is 11.4. The lowest BCUT2D eigenvalue weighted by atomic mass is 10.1. The highest BCUT2D eigenvalue weighted by molar-refractivity contribution is 7.17. The van der Waals surface area contributed by atoms with Crippen LogP contribution in [0.4, 0.5) is 4.39 Å². The average molecular weight is 520 g/mol. The van der Waals surface area contributed by atoms with Gasteiger partial charge in [-0.25, -0.2) is 14.4 Å². The van der Waals surface area contributed by atoms with E-state index in [-0.39, 0.29) is 47.6 Å². The van der Waals surface area contributed by atoms with Crippen LogP contribution in [0.5, 0.6) is 11.5 Å². The number of methoxy groups -OCH3 is 1. The van der Waals surface area contributed by atoms with Crippen LogP contribution >= 0.6 is 11.3 Å². The number of aliphatic imine (C=N–C) groups is 1. The summed E-state index contributed by atoms with van der Waals surface area (Å²) in [5.74, 6) is -0.446. The number of aromatic nitrogens is 1. The number of fused-ring (bicyclic) bond motifs is 1. The van der Waals surface area contributed by atoms with Gasteiger partial charge in [0.2, 0.25) is 0 Å². The molecule has 188 valence electrons. The number of nitrogens with two attached hydrogens (primary N) is 1. The normalized spacial score (nSPS) is 11.2. The number of nitrogens with one attached hydrogen (secondary N) is 2. The molecule has 4 rings (SSSR count). The molecular formula is C26H22FN5O4S. The molecule has 2 heterocycles. The summed E-state index contributed by atoms with van der Waals surface area (Å²) in [6.45, 7) is -0.334. The van der Waals surface area contributed by atoms with Crippen molar-refractivity contribution in [1.82, 2.24) is 10.3 Å². The molecule has 11 heteroatoms. The first-order chi connectivity index (χ1) is 17.9. The number of Topliss-reactive ketones (excluding diaryl/α,β-unsaturated/α-hetero) is 1. The Morgan fingerprint density at radius 1 is 1.19 bits per heavy atom. The summed E-state index contributed by atoms with van der Waals surface area (Å²) in [7, 11) is 1.42. The number of carbonyl (C=O) groups is 2. The van der Waals surface area contributed by atoms with E-state index in [1.54, 1.807) is 24.3 Å². The number of ether oxygens (including phenoxy) is 2. The fourth-order valence-corrected chi connectivity index (χ4v) is 4.48. The van der Waals surface area contributed by atoms with Crippen molar-refractivity contribution in [2.45, 2.75) is 0 Å². The highest BCUT2D eigenvalue weighted by Gasteiger charge is 2.16. The van der Waals surface area contributed by atoms with Crippen molar-refractivity contribution in [3.8, 4) is 22.8 Å². The van der Waals surface area contributed by atoms with Crippen molar-refractivity contribution in [3.05, 3.63) is 77.1 Å². The Bertz CT molecular complexity index is 1520. The molecule has 9 nitrogen and oxygen atoms in total. The van der Waals surface area contributed by atoms with Gasteiger partial charge in [0.15, 0.2) is 17.3 Å². The number of pyridine rings is 1. The van der Waals surface area contributed by atoms with E-state index in [0.717, 1.165) is 17.3 Å². The third-order valence-electron chi connectivity index (χ3n) is 5.30. The molecule has 37 heavy (non-hydrogen) atoms. The molecule has 4 N–H and O–H groups in total. The van der Waals surface area contributed by atoms with Crippen LogP contribution in [0.3, 0.4) is 0 Å². The van der Waals surface area contributed by atoms with Gasteiger partial charge < -0.3 is 20.5 Å². The van der Waals surface area contributed by atoms with Crippen LogP contribution in [0, 0.1) is 11.2 Å². The molecule has 2 aromatic carbocycles. The van der Waals surface area contributed by atoms with Crippen molar-refractivity contribution in [2.24, 2.45) is 10.7 Å². The minimum atomic E-state index is -0.487. The number of halogens is 1. The first-order valence-electron chi connectivity index (χ1n) is 11.0. The number of benzene rings is 2. The van der Waals surface area contributed by atoms with Crippen LogP contribution < -0.4 is 20.5 Å². The van der Waals surface area contributed by atoms with E-state index in [4.69, 9.17) is 20.6 Å². The summed E-state index contributed by atoms with van der Waals surface area (Å²) in [5.41, 5.74) is 7.31. The summed E-state index contributed by atoms with van der Waals surface area (Å²) in [6.07, 6.45) is 0.807. The lowest BCUT2D eigenvalue weighted by molar-refractivity contribution is 0.0902. The van der Waals surface area contributed by atoms with Gasteiger partial charge in [-0.1, -0.05) is 18.2 Å². The molecule has 0 atom stereocenters. The Morgan fingerprint density at radius 2 is 2.00 bits per heavy atom. The van der Waals surface area contributed by atoms with Gasteiger partial charge in [0.25, 0.3) is 5.91 Å². The standard InChI is InChI=1S/C26H22FN5O4S/c1-35-23-10-15(8-9-22(23)36-12-24(29)31-14-28)26(34)30-11-21(33)20-7-3-6-19(32-20)17-13-37-25-16(17)4-2-5-18(25)27/h2-10,13-14H,11-12H2,1H3,(H,30,34)(H3,28,29,31). The van der Waals surface area contributed by atoms with E-state index in [1.165, 1.54) is 42.7 Å². The van der Waals surface area contributed by atoms with E-state index < -0.39 is 5.91 Å². The number of ketones is 1. The highest BCUT2D eigenvalue weighted by atomic mass is 32.1. The molecule has 4 aromatic rings. The summed E-state index contributed by atoms with van der Waals surface area (Å²) >= 11 is 1.27. The molecule has 0 aliphatic rings. The van der Waals surface area contributed by atoms with Crippen molar-refractivity contribution in [3.63, 3.8) is 0 Å². The number of rotatable bonds is 10. The summed E-state index contributed by atoms with van der Waals surface area (Å²) in [6, 6.07) is 14.4. The number of amides is 1. The molecule has 0 radical (unpaired) electrons. The van der Waals surface area contributed by atoms with Crippen LogP contribution in [0.1, 0.15) is 20.8 Å². The van der Waals surface area contributed by atoms with Crippen molar-refractivity contribution in [2.75, 3.05) is 20.3 Å². The molecule has 0 bridgehead atoms. The minimum Gasteiger partial charge on any atom is -0.493 e. The third-order valence-corrected chi connectivity index (χ3v) is 6.31. The second-order valence-electron chi connectivity index (χ2n) is 7.68. The predicted octanol–water partition coefficient (Wildman–Crippen LogP) is 4.07. The van der Waals surface area contributed by atoms with Gasteiger partial charge in [-0.3, -0.25) is 15.0 Å². The van der Waals surface area contributed by atoms with Crippen molar-refractivity contribution in [1.29, 1.82) is 5.41 Å². The summed E-state index contributed by atoms with van der Waals surface area (Å²) in [4.78, 5) is 33.5. The zero-order valence-corrected chi connectivity index (χ0v) is 20.5. The van der Waals surface area contributed by atoms with E-state index in [0.29, 0.717) is 16.1 Å². The molecule has 0 unspecified atom stereocenters. The van der Waals surface area contributed by atoms with E-state index in [1.807, 2.05) is 11.4 Å². The topological polar surface area (TPSA) is 140 Å². The summed E-state index contributed by atoms with van der Waals surface area (Å²) < 4.78 is 25.4. The molecule has 2 aromatic heterocycles. The fourth-order valence-electron chi connectivity index (χ4n) is 3.51. The van der Waals surface area contributed by atoms with Gasteiger partial charge in [-0.2, -0.15) is 0 Å². The molecule has 0 spiro atoms. The number of amidine groups is 1. The zero-order valence-electron chi connectivity index (χ0n) is 19.7. The van der Waals surface area contributed by atoms with Gasteiger partial charge in [0.05, 0.1) is 24.0 Å². The number of nitrogens with zero attached hydrogens (tertiary/aromatic N) is 2. The number of hydrogen-bond acceptors (Lipinski definition) is 7. The Hall–Kier alpha value is -4.64. The second-order valence-corrected chi connectivity index (χ2v) is 8.56. The van der Waals surface area contributed by atoms with Crippen LogP contribution in [-0.2, 0) is 0 Å². The zero-order chi connectivity index (χ0) is 26.4. The lowest BCUT2D eigenvalue weighted by Gasteiger charge is -2.12. The maximum Gasteiger partial charge on any atom is 0.251 e. The predicted molar refractivity (Wildman–Crippen MR) is 141 cm³/mol. The maximum absolute atomic E-state index is 14.1. The largest absolute Gasteiger partial charge is 0.493 e. The Labute approximate surface area is 215 Å². The van der Waals surface area contributed by atoms with Crippen LogP contribution in [0.2, 0.25) is 0 Å². The first-order valence-corrected chi connectivity index (χ1v) is 11.9. The molecule has 1 amide bonds. The van der Waals surface area contributed by atoms with Gasteiger partial charge in [-0.05, 0) is 36.4 Å². The molecule has 0 saturated heterocycles. The van der Waals surface area contributed by atoms with Crippen LogP contribution in [-0.4, -0.2) is 49.1 Å². The van der Waals surface area contributed by atoms with Gasteiger partial charge in [0, 0.05) is 21.9 Å². The SMILES string of the molecule is COc1cc(C(=O)NCC(=O)c2cccc(-c3csc4c(F)cccc34)n2)ccc1OCC(N)=NC=N. The van der Waals surface area contributed by atoms with Gasteiger partial charge in [-0.15, -0.1) is 11.3 Å². The molecule has 0 saturated carbocycles. The van der Waals surface area contributed by atoms with Crippen molar-refractivity contribution < 1.29 is 23.5 Å². The average Bonchev–Trinajstić information content (AvgIpc) is 3.36.